The molecule has 1 amide bonds. The standard InChI is InChI=1S/C14H19BrN2O/c1-17(10-14(9-16)7-2-8-14)13(18)11-3-5-12(15)6-4-11/h3-6H,2,7-10,16H2,1H3. The predicted octanol–water partition coefficient (Wildman–Crippen LogP) is 2.65. The fourth-order valence-corrected chi connectivity index (χ4v) is 2.76. The molecule has 1 aromatic rings. The Morgan fingerprint density at radius 3 is 2.44 bits per heavy atom. The summed E-state index contributed by atoms with van der Waals surface area (Å²) in [5.74, 6) is 0.0715. The third kappa shape index (κ3) is 2.75. The van der Waals surface area contributed by atoms with Crippen molar-refractivity contribution in [2.75, 3.05) is 20.1 Å². The normalized spacial score (nSPS) is 17.1. The number of rotatable bonds is 4. The van der Waals surface area contributed by atoms with E-state index in [-0.39, 0.29) is 11.3 Å². The van der Waals surface area contributed by atoms with E-state index in [0.29, 0.717) is 6.54 Å². The van der Waals surface area contributed by atoms with Gasteiger partial charge < -0.3 is 10.6 Å². The van der Waals surface area contributed by atoms with Crippen LogP contribution in [0.3, 0.4) is 0 Å². The molecule has 0 aliphatic heterocycles. The fourth-order valence-electron chi connectivity index (χ4n) is 2.49. The lowest BCUT2D eigenvalue weighted by Crippen LogP contribution is -2.47. The highest BCUT2D eigenvalue weighted by Gasteiger charge is 2.37. The van der Waals surface area contributed by atoms with E-state index in [2.05, 4.69) is 15.9 Å². The van der Waals surface area contributed by atoms with Gasteiger partial charge in [-0.15, -0.1) is 0 Å². The molecule has 2 N–H and O–H groups in total. The van der Waals surface area contributed by atoms with Crippen molar-refractivity contribution < 1.29 is 4.79 Å². The van der Waals surface area contributed by atoms with Gasteiger partial charge in [0.05, 0.1) is 0 Å². The lowest BCUT2D eigenvalue weighted by atomic mass is 9.68. The molecule has 0 aromatic heterocycles. The fraction of sp³-hybridized carbons (Fsp3) is 0.500. The topological polar surface area (TPSA) is 46.3 Å². The Morgan fingerprint density at radius 2 is 2.00 bits per heavy atom. The number of hydrogen-bond acceptors (Lipinski definition) is 2. The molecule has 1 fully saturated rings. The minimum absolute atomic E-state index is 0.0715. The van der Waals surface area contributed by atoms with Gasteiger partial charge >= 0.3 is 0 Å². The molecule has 4 heteroatoms. The highest BCUT2D eigenvalue weighted by atomic mass is 79.9. The summed E-state index contributed by atoms with van der Waals surface area (Å²) in [6.45, 7) is 1.43. The van der Waals surface area contributed by atoms with Crippen molar-refractivity contribution in [3.63, 3.8) is 0 Å². The van der Waals surface area contributed by atoms with E-state index in [0.717, 1.165) is 29.4 Å². The van der Waals surface area contributed by atoms with Crippen LogP contribution in [0.1, 0.15) is 29.6 Å². The lowest BCUT2D eigenvalue weighted by molar-refractivity contribution is 0.0568. The van der Waals surface area contributed by atoms with Crippen LogP contribution in [0.2, 0.25) is 0 Å². The van der Waals surface area contributed by atoms with E-state index in [4.69, 9.17) is 5.73 Å². The highest BCUT2D eigenvalue weighted by Crippen LogP contribution is 2.40. The highest BCUT2D eigenvalue weighted by molar-refractivity contribution is 9.10. The first-order valence-electron chi connectivity index (χ1n) is 6.27. The first kappa shape index (κ1) is 13.6. The van der Waals surface area contributed by atoms with Crippen molar-refractivity contribution in [1.82, 2.24) is 4.90 Å². The monoisotopic (exact) mass is 310 g/mol. The van der Waals surface area contributed by atoms with Gasteiger partial charge in [0, 0.05) is 29.0 Å². The summed E-state index contributed by atoms with van der Waals surface area (Å²) in [5.41, 5.74) is 6.73. The number of carbonyl (C=O) groups is 1. The van der Waals surface area contributed by atoms with Gasteiger partial charge in [0.25, 0.3) is 5.91 Å². The molecule has 0 atom stereocenters. The van der Waals surface area contributed by atoms with E-state index >= 15 is 0 Å². The van der Waals surface area contributed by atoms with Crippen LogP contribution < -0.4 is 5.73 Å². The van der Waals surface area contributed by atoms with E-state index in [1.807, 2.05) is 31.3 Å². The molecule has 2 rings (SSSR count). The molecule has 0 unspecified atom stereocenters. The second kappa shape index (κ2) is 5.41. The number of halogens is 1. The number of nitrogens with two attached hydrogens (primary N) is 1. The molecule has 1 aliphatic rings. The Balaban J connectivity index is 2.02. The van der Waals surface area contributed by atoms with Crippen LogP contribution in [0.4, 0.5) is 0 Å². The molecule has 0 radical (unpaired) electrons. The molecule has 0 spiro atoms. The van der Waals surface area contributed by atoms with Gasteiger partial charge in [0.15, 0.2) is 0 Å². The van der Waals surface area contributed by atoms with Crippen molar-refractivity contribution in [3.05, 3.63) is 34.3 Å². The van der Waals surface area contributed by atoms with E-state index in [9.17, 15) is 4.79 Å². The largest absolute Gasteiger partial charge is 0.341 e. The minimum Gasteiger partial charge on any atom is -0.341 e. The first-order valence-corrected chi connectivity index (χ1v) is 7.07. The predicted molar refractivity (Wildman–Crippen MR) is 76.4 cm³/mol. The van der Waals surface area contributed by atoms with Gasteiger partial charge in [-0.25, -0.2) is 0 Å². The first-order chi connectivity index (χ1) is 8.56. The Kier molecular flexibility index (Phi) is 4.07. The number of benzene rings is 1. The lowest BCUT2D eigenvalue weighted by Gasteiger charge is -2.43. The van der Waals surface area contributed by atoms with Crippen LogP contribution in [0.25, 0.3) is 0 Å². The number of carbonyl (C=O) groups excluding carboxylic acids is 1. The van der Waals surface area contributed by atoms with Crippen LogP contribution in [-0.4, -0.2) is 30.9 Å². The van der Waals surface area contributed by atoms with Gasteiger partial charge in [-0.3, -0.25) is 4.79 Å². The average molecular weight is 311 g/mol. The summed E-state index contributed by atoms with van der Waals surface area (Å²) in [6, 6.07) is 7.48. The Morgan fingerprint density at radius 1 is 1.39 bits per heavy atom. The van der Waals surface area contributed by atoms with E-state index < -0.39 is 0 Å². The van der Waals surface area contributed by atoms with Crippen LogP contribution in [-0.2, 0) is 0 Å². The molecule has 1 aliphatic carbocycles. The van der Waals surface area contributed by atoms with Gasteiger partial charge in [-0.2, -0.15) is 0 Å². The van der Waals surface area contributed by atoms with Crippen LogP contribution in [0.15, 0.2) is 28.7 Å². The maximum atomic E-state index is 12.3. The summed E-state index contributed by atoms with van der Waals surface area (Å²) in [6.07, 6.45) is 3.51. The van der Waals surface area contributed by atoms with Crippen LogP contribution >= 0.6 is 15.9 Å². The zero-order chi connectivity index (χ0) is 13.2. The van der Waals surface area contributed by atoms with E-state index in [1.165, 1.54) is 6.42 Å². The average Bonchev–Trinajstić information content (AvgIpc) is 2.33. The molecule has 1 saturated carbocycles. The van der Waals surface area contributed by atoms with Gasteiger partial charge in [0.2, 0.25) is 0 Å². The smallest absolute Gasteiger partial charge is 0.253 e. The van der Waals surface area contributed by atoms with Crippen molar-refractivity contribution in [2.24, 2.45) is 11.1 Å². The van der Waals surface area contributed by atoms with E-state index in [1.54, 1.807) is 4.90 Å². The Labute approximate surface area is 116 Å². The van der Waals surface area contributed by atoms with Crippen LogP contribution in [0, 0.1) is 5.41 Å². The Hall–Kier alpha value is -0.870. The van der Waals surface area contributed by atoms with Gasteiger partial charge in [-0.05, 0) is 43.7 Å². The molecule has 98 valence electrons. The molecule has 0 heterocycles. The molecular weight excluding hydrogens is 292 g/mol. The maximum Gasteiger partial charge on any atom is 0.253 e. The zero-order valence-electron chi connectivity index (χ0n) is 10.7. The molecule has 3 nitrogen and oxygen atoms in total. The number of hydrogen-bond donors (Lipinski definition) is 1. The minimum atomic E-state index is 0.0715. The molecule has 1 aromatic carbocycles. The summed E-state index contributed by atoms with van der Waals surface area (Å²) >= 11 is 3.37. The SMILES string of the molecule is CN(CC1(CN)CCC1)C(=O)c1ccc(Br)cc1. The Bertz CT molecular complexity index is 420. The maximum absolute atomic E-state index is 12.3. The number of amides is 1. The molecular formula is C14H19BrN2O. The summed E-state index contributed by atoms with van der Waals surface area (Å²) in [5, 5.41) is 0. The molecule has 18 heavy (non-hydrogen) atoms. The quantitative estimate of drug-likeness (QED) is 0.929. The van der Waals surface area contributed by atoms with Crippen molar-refractivity contribution >= 4 is 21.8 Å². The second-order valence-electron chi connectivity index (χ2n) is 5.23. The van der Waals surface area contributed by atoms with Gasteiger partial charge in [0.1, 0.15) is 0 Å². The summed E-state index contributed by atoms with van der Waals surface area (Å²) < 4.78 is 0.985. The molecule has 0 bridgehead atoms. The third-order valence-corrected chi connectivity index (χ3v) is 4.39. The second-order valence-corrected chi connectivity index (χ2v) is 6.14. The zero-order valence-corrected chi connectivity index (χ0v) is 12.2. The van der Waals surface area contributed by atoms with Gasteiger partial charge in [-0.1, -0.05) is 22.4 Å². The number of nitrogens with zero attached hydrogens (tertiary/aromatic N) is 1. The summed E-state index contributed by atoms with van der Waals surface area (Å²) in [4.78, 5) is 14.1. The van der Waals surface area contributed by atoms with Crippen molar-refractivity contribution in [3.8, 4) is 0 Å². The molecule has 0 saturated heterocycles. The van der Waals surface area contributed by atoms with Crippen LogP contribution in [0.5, 0.6) is 0 Å². The van der Waals surface area contributed by atoms with Crippen molar-refractivity contribution in [1.29, 1.82) is 0 Å². The third-order valence-electron chi connectivity index (χ3n) is 3.86. The summed E-state index contributed by atoms with van der Waals surface area (Å²) in [7, 11) is 1.86. The van der Waals surface area contributed by atoms with Crippen molar-refractivity contribution in [2.45, 2.75) is 19.3 Å².